The van der Waals surface area contributed by atoms with Crippen LogP contribution in [0.3, 0.4) is 0 Å². The van der Waals surface area contributed by atoms with E-state index in [4.69, 9.17) is 0 Å². The van der Waals surface area contributed by atoms with Crippen molar-refractivity contribution in [1.29, 1.82) is 0 Å². The SMILES string of the molecule is Cc1ncc(CNC(=O)N2CCN([C@@H]3C[C@H]4CC[C@H]3C4)CC2)s1. The highest BCUT2D eigenvalue weighted by molar-refractivity contribution is 7.11. The number of aromatic nitrogens is 1. The normalized spacial score (nSPS) is 30.8. The van der Waals surface area contributed by atoms with Gasteiger partial charge in [-0.1, -0.05) is 6.42 Å². The topological polar surface area (TPSA) is 48.5 Å². The van der Waals surface area contributed by atoms with Gasteiger partial charge in [-0.25, -0.2) is 9.78 Å². The van der Waals surface area contributed by atoms with Gasteiger partial charge in [0.2, 0.25) is 0 Å². The minimum absolute atomic E-state index is 0.0728. The first-order valence-electron chi connectivity index (χ1n) is 8.87. The number of rotatable bonds is 3. The van der Waals surface area contributed by atoms with Gasteiger partial charge in [0.05, 0.1) is 11.6 Å². The Morgan fingerprint density at radius 1 is 1.30 bits per heavy atom. The molecule has 2 heterocycles. The molecule has 2 saturated carbocycles. The first-order chi connectivity index (χ1) is 11.2. The highest BCUT2D eigenvalue weighted by atomic mass is 32.1. The zero-order valence-corrected chi connectivity index (χ0v) is 14.6. The fourth-order valence-electron chi connectivity index (χ4n) is 4.68. The third kappa shape index (κ3) is 3.24. The lowest BCUT2D eigenvalue weighted by atomic mass is 9.93. The Morgan fingerprint density at radius 2 is 2.13 bits per heavy atom. The number of hydrogen-bond donors (Lipinski definition) is 1. The van der Waals surface area contributed by atoms with E-state index in [1.165, 1.54) is 25.7 Å². The first-order valence-corrected chi connectivity index (χ1v) is 9.69. The molecular weight excluding hydrogens is 308 g/mol. The summed E-state index contributed by atoms with van der Waals surface area (Å²) in [5.74, 6) is 1.93. The number of carbonyl (C=O) groups excluding carboxylic acids is 1. The van der Waals surface area contributed by atoms with E-state index in [0.717, 1.165) is 53.9 Å². The minimum Gasteiger partial charge on any atom is -0.333 e. The highest BCUT2D eigenvalue weighted by Crippen LogP contribution is 2.46. The largest absolute Gasteiger partial charge is 0.333 e. The van der Waals surface area contributed by atoms with Crippen LogP contribution in [0.4, 0.5) is 4.79 Å². The first kappa shape index (κ1) is 15.4. The Labute approximate surface area is 142 Å². The van der Waals surface area contributed by atoms with E-state index >= 15 is 0 Å². The van der Waals surface area contributed by atoms with Crippen LogP contribution in [0.15, 0.2) is 6.20 Å². The molecule has 3 fully saturated rings. The summed E-state index contributed by atoms with van der Waals surface area (Å²) in [4.78, 5) is 22.3. The van der Waals surface area contributed by atoms with Gasteiger partial charge < -0.3 is 10.2 Å². The molecule has 0 unspecified atom stereocenters. The summed E-state index contributed by atoms with van der Waals surface area (Å²) in [6.07, 6.45) is 7.61. The number of nitrogens with one attached hydrogen (secondary N) is 1. The number of hydrogen-bond acceptors (Lipinski definition) is 4. The fraction of sp³-hybridized carbons (Fsp3) is 0.765. The second-order valence-corrected chi connectivity index (χ2v) is 8.59. The van der Waals surface area contributed by atoms with Crippen molar-refractivity contribution < 1.29 is 4.79 Å². The maximum Gasteiger partial charge on any atom is 0.317 e. The number of aryl methyl sites for hydroxylation is 1. The monoisotopic (exact) mass is 334 g/mol. The highest BCUT2D eigenvalue weighted by Gasteiger charge is 2.42. The van der Waals surface area contributed by atoms with Gasteiger partial charge in [0.15, 0.2) is 0 Å². The summed E-state index contributed by atoms with van der Waals surface area (Å²) in [6, 6.07) is 0.878. The lowest BCUT2D eigenvalue weighted by molar-refractivity contribution is 0.0826. The number of carbonyl (C=O) groups is 1. The van der Waals surface area contributed by atoms with E-state index in [-0.39, 0.29) is 6.03 Å². The van der Waals surface area contributed by atoms with Crippen molar-refractivity contribution in [2.45, 2.75) is 45.2 Å². The molecule has 126 valence electrons. The van der Waals surface area contributed by atoms with Crippen LogP contribution < -0.4 is 5.32 Å². The van der Waals surface area contributed by atoms with Gasteiger partial charge in [-0.15, -0.1) is 11.3 Å². The van der Waals surface area contributed by atoms with Crippen LogP contribution in [0.2, 0.25) is 0 Å². The van der Waals surface area contributed by atoms with Crippen molar-refractivity contribution in [2.75, 3.05) is 26.2 Å². The molecule has 1 saturated heterocycles. The van der Waals surface area contributed by atoms with E-state index in [1.54, 1.807) is 11.3 Å². The van der Waals surface area contributed by atoms with Crippen LogP contribution in [0.1, 0.15) is 35.6 Å². The predicted molar refractivity (Wildman–Crippen MR) is 91.5 cm³/mol. The molecule has 4 rings (SSSR count). The van der Waals surface area contributed by atoms with Crippen LogP contribution >= 0.6 is 11.3 Å². The summed E-state index contributed by atoms with van der Waals surface area (Å²) in [5, 5.41) is 4.08. The smallest absolute Gasteiger partial charge is 0.317 e. The lowest BCUT2D eigenvalue weighted by Gasteiger charge is -2.40. The van der Waals surface area contributed by atoms with Gasteiger partial charge in [0.25, 0.3) is 0 Å². The van der Waals surface area contributed by atoms with Gasteiger partial charge >= 0.3 is 6.03 Å². The Morgan fingerprint density at radius 3 is 2.74 bits per heavy atom. The van der Waals surface area contributed by atoms with Crippen LogP contribution in [0.5, 0.6) is 0 Å². The Bertz CT molecular complexity index is 567. The Hall–Kier alpha value is -1.14. The lowest BCUT2D eigenvalue weighted by Crippen LogP contribution is -2.55. The van der Waals surface area contributed by atoms with Gasteiger partial charge in [-0.3, -0.25) is 4.90 Å². The standard InChI is InChI=1S/C17H26N4OS/c1-12-18-10-15(23-12)11-19-17(22)21-6-4-20(5-7-21)16-9-13-2-3-14(16)8-13/h10,13-14,16H,2-9,11H2,1H3,(H,19,22)/t13-,14-,16+/m0/s1. The molecule has 6 heteroatoms. The van der Waals surface area contributed by atoms with Gasteiger partial charge in [-0.05, 0) is 38.0 Å². The van der Waals surface area contributed by atoms with Crippen molar-refractivity contribution in [1.82, 2.24) is 20.1 Å². The molecule has 23 heavy (non-hydrogen) atoms. The predicted octanol–water partition coefficient (Wildman–Crippen LogP) is 2.47. The van der Waals surface area contributed by atoms with Crippen molar-refractivity contribution in [3.05, 3.63) is 16.1 Å². The third-order valence-corrected chi connectivity index (χ3v) is 6.77. The summed E-state index contributed by atoms with van der Waals surface area (Å²) in [7, 11) is 0. The van der Waals surface area contributed by atoms with Gasteiger partial charge in [0, 0.05) is 43.3 Å². The summed E-state index contributed by atoms with van der Waals surface area (Å²) in [6.45, 7) is 6.40. The molecule has 1 aliphatic heterocycles. The van der Waals surface area contributed by atoms with E-state index in [2.05, 4.69) is 15.2 Å². The van der Waals surface area contributed by atoms with Crippen LogP contribution in [0, 0.1) is 18.8 Å². The summed E-state index contributed by atoms with van der Waals surface area (Å²) in [5.41, 5.74) is 0. The fourth-order valence-corrected chi connectivity index (χ4v) is 5.41. The third-order valence-electron chi connectivity index (χ3n) is 5.85. The maximum absolute atomic E-state index is 12.3. The van der Waals surface area contributed by atoms with Gasteiger partial charge in [0.1, 0.15) is 0 Å². The van der Waals surface area contributed by atoms with Crippen molar-refractivity contribution in [3.63, 3.8) is 0 Å². The molecule has 2 aliphatic carbocycles. The molecule has 2 bridgehead atoms. The van der Waals surface area contributed by atoms with Crippen molar-refractivity contribution >= 4 is 17.4 Å². The molecule has 0 spiro atoms. The average molecular weight is 334 g/mol. The molecule has 1 N–H and O–H groups in total. The number of nitrogens with zero attached hydrogens (tertiary/aromatic N) is 3. The maximum atomic E-state index is 12.3. The molecule has 0 radical (unpaired) electrons. The molecule has 2 amide bonds. The van der Waals surface area contributed by atoms with Crippen LogP contribution in [0.25, 0.3) is 0 Å². The second kappa shape index (κ2) is 6.40. The van der Waals surface area contributed by atoms with Crippen LogP contribution in [-0.2, 0) is 6.54 Å². The number of amides is 2. The molecule has 5 nitrogen and oxygen atoms in total. The quantitative estimate of drug-likeness (QED) is 0.924. The summed E-state index contributed by atoms with van der Waals surface area (Å²) >= 11 is 1.65. The molecule has 1 aromatic heterocycles. The molecule has 3 atom stereocenters. The zero-order valence-electron chi connectivity index (χ0n) is 13.8. The summed E-state index contributed by atoms with van der Waals surface area (Å²) < 4.78 is 0. The zero-order chi connectivity index (χ0) is 15.8. The number of urea groups is 1. The van der Waals surface area contributed by atoms with Gasteiger partial charge in [-0.2, -0.15) is 0 Å². The van der Waals surface area contributed by atoms with Crippen LogP contribution in [-0.4, -0.2) is 53.0 Å². The second-order valence-electron chi connectivity index (χ2n) is 7.27. The minimum atomic E-state index is 0.0728. The molecular formula is C17H26N4OS. The number of thiazole rings is 1. The van der Waals surface area contributed by atoms with E-state index in [1.807, 2.05) is 18.0 Å². The number of fused-ring (bicyclic) bond motifs is 2. The van der Waals surface area contributed by atoms with Crippen molar-refractivity contribution in [2.24, 2.45) is 11.8 Å². The molecule has 0 aromatic carbocycles. The van der Waals surface area contributed by atoms with Crippen molar-refractivity contribution in [3.8, 4) is 0 Å². The van der Waals surface area contributed by atoms with E-state index in [9.17, 15) is 4.79 Å². The van der Waals surface area contributed by atoms with E-state index in [0.29, 0.717) is 6.54 Å². The van der Waals surface area contributed by atoms with E-state index < -0.39 is 0 Å². The number of piperazine rings is 1. The Kier molecular flexibility index (Phi) is 4.28. The molecule has 3 aliphatic rings. The average Bonchev–Trinajstić information content (AvgIpc) is 3.29. The molecule has 1 aromatic rings. The Balaban J connectivity index is 1.23.